The van der Waals surface area contributed by atoms with E-state index in [2.05, 4.69) is 20.0 Å². The lowest BCUT2D eigenvalue weighted by Crippen LogP contribution is -2.23. The summed E-state index contributed by atoms with van der Waals surface area (Å²) in [7, 11) is 2.02. The van der Waals surface area contributed by atoms with E-state index in [1.807, 2.05) is 51.2 Å². The molecule has 0 bridgehead atoms. The van der Waals surface area contributed by atoms with Gasteiger partial charge in [0.2, 0.25) is 0 Å². The molecule has 0 atom stereocenters. The summed E-state index contributed by atoms with van der Waals surface area (Å²) >= 11 is 0. The fraction of sp³-hybridized carbons (Fsp3) is 0.316. The monoisotopic (exact) mass is 338 g/mol. The molecule has 0 aliphatic heterocycles. The van der Waals surface area contributed by atoms with Gasteiger partial charge in [-0.1, -0.05) is 35.5 Å². The second-order valence-electron chi connectivity index (χ2n) is 6.24. The molecule has 3 aromatic rings. The molecule has 3 rings (SSSR count). The molecule has 130 valence electrons. The maximum atomic E-state index is 12.0. The Balaban J connectivity index is 1.70. The van der Waals surface area contributed by atoms with Gasteiger partial charge < -0.3 is 14.4 Å². The predicted octanol–water partition coefficient (Wildman–Crippen LogP) is 2.72. The number of H-pyrrole nitrogens is 1. The van der Waals surface area contributed by atoms with Gasteiger partial charge in [-0.2, -0.15) is 0 Å². The smallest absolute Gasteiger partial charge is 0.251 e. The first-order chi connectivity index (χ1) is 12.0. The number of hydrogen-bond donors (Lipinski definition) is 1. The topological polar surface area (TPSA) is 75.0 Å². The van der Waals surface area contributed by atoms with Crippen LogP contribution in [-0.2, 0) is 13.0 Å². The Morgan fingerprint density at radius 3 is 2.64 bits per heavy atom. The van der Waals surface area contributed by atoms with Crippen LogP contribution in [0, 0.1) is 13.8 Å². The first-order valence-corrected chi connectivity index (χ1v) is 8.29. The van der Waals surface area contributed by atoms with Crippen molar-refractivity contribution in [1.29, 1.82) is 0 Å². The molecule has 2 heterocycles. The number of aryl methyl sites for hydroxylation is 2. The summed E-state index contributed by atoms with van der Waals surface area (Å²) in [5.41, 5.74) is 3.61. The maximum absolute atomic E-state index is 12.0. The molecule has 0 aliphatic rings. The number of nitrogens with one attached hydrogen (secondary N) is 1. The molecule has 0 amide bonds. The highest BCUT2D eigenvalue weighted by Crippen LogP contribution is 2.15. The second-order valence-corrected chi connectivity index (χ2v) is 6.24. The molecule has 0 aliphatic carbocycles. The van der Waals surface area contributed by atoms with Crippen LogP contribution in [0.2, 0.25) is 0 Å². The molecule has 0 saturated carbocycles. The fourth-order valence-electron chi connectivity index (χ4n) is 2.84. The zero-order valence-electron chi connectivity index (χ0n) is 14.7. The Hall–Kier alpha value is -2.73. The standard InChI is InChI=1S/C19H22N4O2/c1-13-17(14(2)25-22-13)9-10-23(3)12-16-11-18(24)21-19(20-16)15-7-5-4-6-8-15/h4-8,11H,9-10,12H2,1-3H3,(H,20,21,24). The van der Waals surface area contributed by atoms with Crippen molar-refractivity contribution in [3.8, 4) is 11.4 Å². The highest BCUT2D eigenvalue weighted by molar-refractivity contribution is 5.54. The van der Waals surface area contributed by atoms with E-state index in [0.29, 0.717) is 12.4 Å². The fourth-order valence-corrected chi connectivity index (χ4v) is 2.84. The van der Waals surface area contributed by atoms with E-state index >= 15 is 0 Å². The average molecular weight is 338 g/mol. The molecular formula is C19H22N4O2. The Kier molecular flexibility index (Phi) is 5.09. The normalized spacial score (nSPS) is 11.2. The van der Waals surface area contributed by atoms with Crippen LogP contribution >= 0.6 is 0 Å². The Morgan fingerprint density at radius 2 is 1.96 bits per heavy atom. The molecule has 0 spiro atoms. The summed E-state index contributed by atoms with van der Waals surface area (Å²) < 4.78 is 5.20. The first-order valence-electron chi connectivity index (χ1n) is 8.29. The van der Waals surface area contributed by atoms with E-state index < -0.39 is 0 Å². The van der Waals surface area contributed by atoms with Gasteiger partial charge in [-0.15, -0.1) is 0 Å². The molecule has 0 saturated heterocycles. The Morgan fingerprint density at radius 1 is 1.20 bits per heavy atom. The van der Waals surface area contributed by atoms with E-state index in [1.165, 1.54) is 0 Å². The van der Waals surface area contributed by atoms with Crippen LogP contribution in [0.15, 0.2) is 45.7 Å². The van der Waals surface area contributed by atoms with E-state index in [1.54, 1.807) is 6.07 Å². The number of likely N-dealkylation sites (N-methyl/N-ethyl adjacent to an activating group) is 1. The zero-order valence-corrected chi connectivity index (χ0v) is 14.7. The summed E-state index contributed by atoms with van der Waals surface area (Å²) in [6.07, 6.45) is 0.854. The predicted molar refractivity (Wildman–Crippen MR) is 96.3 cm³/mol. The van der Waals surface area contributed by atoms with E-state index in [9.17, 15) is 4.79 Å². The van der Waals surface area contributed by atoms with Gasteiger partial charge in [0.15, 0.2) is 0 Å². The maximum Gasteiger partial charge on any atom is 0.251 e. The average Bonchev–Trinajstić information content (AvgIpc) is 2.91. The van der Waals surface area contributed by atoms with Crippen molar-refractivity contribution in [2.75, 3.05) is 13.6 Å². The van der Waals surface area contributed by atoms with Gasteiger partial charge in [0, 0.05) is 30.3 Å². The van der Waals surface area contributed by atoms with Gasteiger partial charge in [0.05, 0.1) is 11.4 Å². The third-order valence-corrected chi connectivity index (χ3v) is 4.20. The van der Waals surface area contributed by atoms with E-state index in [-0.39, 0.29) is 5.56 Å². The van der Waals surface area contributed by atoms with Gasteiger partial charge >= 0.3 is 0 Å². The van der Waals surface area contributed by atoms with Crippen LogP contribution < -0.4 is 5.56 Å². The lowest BCUT2D eigenvalue weighted by Gasteiger charge is -2.16. The van der Waals surface area contributed by atoms with Crippen molar-refractivity contribution in [2.45, 2.75) is 26.8 Å². The SMILES string of the molecule is Cc1noc(C)c1CCN(C)Cc1cc(=O)[nH]c(-c2ccccc2)n1. The van der Waals surface area contributed by atoms with Gasteiger partial charge in [-0.25, -0.2) is 4.98 Å². The number of hydrogen-bond acceptors (Lipinski definition) is 5. The molecule has 0 fully saturated rings. The zero-order chi connectivity index (χ0) is 17.8. The van der Waals surface area contributed by atoms with Crippen LogP contribution in [0.4, 0.5) is 0 Å². The minimum absolute atomic E-state index is 0.136. The van der Waals surface area contributed by atoms with Crippen molar-refractivity contribution < 1.29 is 4.52 Å². The van der Waals surface area contributed by atoms with Crippen molar-refractivity contribution in [1.82, 2.24) is 20.0 Å². The Bertz CT molecular complexity index is 880. The quantitative estimate of drug-likeness (QED) is 0.748. The third-order valence-electron chi connectivity index (χ3n) is 4.20. The van der Waals surface area contributed by atoms with Crippen molar-refractivity contribution >= 4 is 0 Å². The molecular weight excluding hydrogens is 316 g/mol. The number of nitrogens with zero attached hydrogens (tertiary/aromatic N) is 3. The first kappa shape index (κ1) is 17.1. The van der Waals surface area contributed by atoms with Crippen LogP contribution in [0.5, 0.6) is 0 Å². The van der Waals surface area contributed by atoms with Gasteiger partial charge in [0.25, 0.3) is 5.56 Å². The second kappa shape index (κ2) is 7.44. The van der Waals surface area contributed by atoms with Crippen molar-refractivity contribution in [3.63, 3.8) is 0 Å². The van der Waals surface area contributed by atoms with Gasteiger partial charge in [0.1, 0.15) is 11.6 Å². The molecule has 2 aromatic heterocycles. The van der Waals surface area contributed by atoms with E-state index in [4.69, 9.17) is 4.52 Å². The lowest BCUT2D eigenvalue weighted by molar-refractivity contribution is 0.325. The highest BCUT2D eigenvalue weighted by atomic mass is 16.5. The molecule has 25 heavy (non-hydrogen) atoms. The van der Waals surface area contributed by atoms with Crippen LogP contribution in [0.25, 0.3) is 11.4 Å². The number of benzene rings is 1. The van der Waals surface area contributed by atoms with Crippen molar-refractivity contribution in [3.05, 3.63) is 69.5 Å². The van der Waals surface area contributed by atoms with E-state index in [0.717, 1.165) is 41.2 Å². The molecule has 1 aromatic carbocycles. The van der Waals surface area contributed by atoms with Crippen molar-refractivity contribution in [2.24, 2.45) is 0 Å². The minimum atomic E-state index is -0.136. The molecule has 6 heteroatoms. The summed E-state index contributed by atoms with van der Waals surface area (Å²) in [6, 6.07) is 11.2. The number of rotatable bonds is 6. The Labute approximate surface area is 146 Å². The third kappa shape index (κ3) is 4.22. The van der Waals surface area contributed by atoms with Crippen LogP contribution in [0.1, 0.15) is 22.7 Å². The number of aromatic nitrogens is 3. The molecule has 0 radical (unpaired) electrons. The summed E-state index contributed by atoms with van der Waals surface area (Å²) in [4.78, 5) is 21.5. The van der Waals surface area contributed by atoms with Crippen LogP contribution in [-0.4, -0.2) is 33.6 Å². The molecule has 1 N–H and O–H groups in total. The summed E-state index contributed by atoms with van der Waals surface area (Å²) in [6.45, 7) is 5.32. The van der Waals surface area contributed by atoms with Crippen LogP contribution in [0.3, 0.4) is 0 Å². The molecule has 0 unspecified atom stereocenters. The summed E-state index contributed by atoms with van der Waals surface area (Å²) in [5, 5.41) is 3.98. The molecule has 6 nitrogen and oxygen atoms in total. The lowest BCUT2D eigenvalue weighted by atomic mass is 10.1. The van der Waals surface area contributed by atoms with Gasteiger partial charge in [-0.3, -0.25) is 4.79 Å². The number of aromatic amines is 1. The highest BCUT2D eigenvalue weighted by Gasteiger charge is 2.11. The largest absolute Gasteiger partial charge is 0.361 e. The van der Waals surface area contributed by atoms with Gasteiger partial charge in [-0.05, 0) is 27.3 Å². The summed E-state index contributed by atoms with van der Waals surface area (Å²) in [5.74, 6) is 1.47. The minimum Gasteiger partial charge on any atom is -0.361 e.